The highest BCUT2D eigenvalue weighted by atomic mass is 16.7. The molecule has 0 saturated heterocycles. The molecule has 0 bridgehead atoms. The normalized spacial score (nSPS) is 13.9. The van der Waals surface area contributed by atoms with Gasteiger partial charge in [-0.1, -0.05) is 6.07 Å². The highest BCUT2D eigenvalue weighted by Crippen LogP contribution is 2.32. The molecule has 0 aliphatic carbocycles. The van der Waals surface area contributed by atoms with Crippen molar-refractivity contribution in [2.45, 2.75) is 32.4 Å². The maximum Gasteiger partial charge on any atom is 0.231 e. The summed E-state index contributed by atoms with van der Waals surface area (Å²) in [6, 6.07) is 5.86. The van der Waals surface area contributed by atoms with Crippen LogP contribution in [0.5, 0.6) is 11.5 Å². The van der Waals surface area contributed by atoms with Crippen LogP contribution in [0, 0.1) is 0 Å². The Morgan fingerprint density at radius 3 is 3.09 bits per heavy atom. The van der Waals surface area contributed by atoms with E-state index in [9.17, 15) is 4.79 Å². The van der Waals surface area contributed by atoms with Gasteiger partial charge in [0.1, 0.15) is 0 Å². The molecule has 1 unspecified atom stereocenters. The summed E-state index contributed by atoms with van der Waals surface area (Å²) in [4.78, 5) is 16.0. The predicted octanol–water partition coefficient (Wildman–Crippen LogP) is 1.75. The summed E-state index contributed by atoms with van der Waals surface area (Å²) < 4.78 is 12.6. The second-order valence-corrected chi connectivity index (χ2v) is 5.42. The van der Waals surface area contributed by atoms with E-state index in [1.807, 2.05) is 35.9 Å². The van der Waals surface area contributed by atoms with E-state index >= 15 is 0 Å². The number of hydrogen-bond donors (Lipinski definition) is 1. The molecular formula is C16H19N3O3. The zero-order chi connectivity index (χ0) is 15.4. The van der Waals surface area contributed by atoms with Crippen LogP contribution >= 0.6 is 0 Å². The Morgan fingerprint density at radius 2 is 2.27 bits per heavy atom. The van der Waals surface area contributed by atoms with Crippen LogP contribution in [0.25, 0.3) is 0 Å². The van der Waals surface area contributed by atoms with Gasteiger partial charge in [-0.2, -0.15) is 0 Å². The average Bonchev–Trinajstić information content (AvgIpc) is 3.15. The summed E-state index contributed by atoms with van der Waals surface area (Å²) in [5.74, 6) is 1.57. The summed E-state index contributed by atoms with van der Waals surface area (Å²) >= 11 is 0. The molecule has 116 valence electrons. The van der Waals surface area contributed by atoms with Gasteiger partial charge in [0.2, 0.25) is 12.7 Å². The number of benzene rings is 1. The minimum atomic E-state index is 0.0466. The van der Waals surface area contributed by atoms with Gasteiger partial charge in [0.15, 0.2) is 11.5 Å². The van der Waals surface area contributed by atoms with Crippen LogP contribution in [0.15, 0.2) is 36.9 Å². The Labute approximate surface area is 129 Å². The maximum atomic E-state index is 12.0. The fourth-order valence-corrected chi connectivity index (χ4v) is 2.46. The van der Waals surface area contributed by atoms with Crippen molar-refractivity contribution < 1.29 is 14.3 Å². The third-order valence-electron chi connectivity index (χ3n) is 3.53. The van der Waals surface area contributed by atoms with Crippen molar-refractivity contribution in [3.63, 3.8) is 0 Å². The SMILES string of the molecule is CC(Cn1ccnc1)NC(=O)CCc1ccc2c(c1)OCO2. The van der Waals surface area contributed by atoms with E-state index in [0.717, 1.165) is 23.6 Å². The van der Waals surface area contributed by atoms with Gasteiger partial charge in [0.25, 0.3) is 0 Å². The molecule has 3 rings (SSSR count). The fraction of sp³-hybridized carbons (Fsp3) is 0.375. The van der Waals surface area contributed by atoms with E-state index in [-0.39, 0.29) is 18.7 Å². The van der Waals surface area contributed by atoms with Crippen molar-refractivity contribution >= 4 is 5.91 Å². The van der Waals surface area contributed by atoms with Crippen molar-refractivity contribution in [1.29, 1.82) is 0 Å². The van der Waals surface area contributed by atoms with Crippen molar-refractivity contribution in [2.24, 2.45) is 0 Å². The molecule has 1 aliphatic heterocycles. The Hall–Kier alpha value is -2.50. The standard InChI is InChI=1S/C16H19N3O3/c1-12(9-19-7-6-17-10-19)18-16(20)5-3-13-2-4-14-15(8-13)22-11-21-14/h2,4,6-8,10,12H,3,5,9,11H2,1H3,(H,18,20). The minimum Gasteiger partial charge on any atom is -0.454 e. The molecule has 1 amide bonds. The smallest absolute Gasteiger partial charge is 0.231 e. The molecule has 1 aromatic heterocycles. The summed E-state index contributed by atoms with van der Waals surface area (Å²) in [7, 11) is 0. The number of hydrogen-bond acceptors (Lipinski definition) is 4. The highest BCUT2D eigenvalue weighted by molar-refractivity contribution is 5.76. The molecule has 0 saturated carbocycles. The van der Waals surface area contributed by atoms with E-state index in [4.69, 9.17) is 9.47 Å². The van der Waals surface area contributed by atoms with E-state index in [1.54, 1.807) is 12.5 Å². The van der Waals surface area contributed by atoms with E-state index < -0.39 is 0 Å². The Balaban J connectivity index is 1.46. The lowest BCUT2D eigenvalue weighted by Gasteiger charge is -2.14. The Morgan fingerprint density at radius 1 is 1.41 bits per heavy atom. The lowest BCUT2D eigenvalue weighted by Crippen LogP contribution is -2.35. The second kappa shape index (κ2) is 6.51. The van der Waals surface area contributed by atoms with Crippen LogP contribution in [0.4, 0.5) is 0 Å². The van der Waals surface area contributed by atoms with E-state index in [1.165, 1.54) is 0 Å². The van der Waals surface area contributed by atoms with E-state index in [2.05, 4.69) is 10.3 Å². The first kappa shape index (κ1) is 14.4. The summed E-state index contributed by atoms with van der Waals surface area (Å²) in [6.07, 6.45) is 6.49. The third-order valence-corrected chi connectivity index (χ3v) is 3.53. The van der Waals surface area contributed by atoms with Gasteiger partial charge in [0, 0.05) is 31.4 Å². The maximum absolute atomic E-state index is 12.0. The predicted molar refractivity (Wildman–Crippen MR) is 80.7 cm³/mol. The van der Waals surface area contributed by atoms with Crippen LogP contribution in [0.2, 0.25) is 0 Å². The van der Waals surface area contributed by atoms with Crippen molar-refractivity contribution in [1.82, 2.24) is 14.9 Å². The topological polar surface area (TPSA) is 65.4 Å². The molecule has 1 aliphatic rings. The van der Waals surface area contributed by atoms with Gasteiger partial charge in [-0.15, -0.1) is 0 Å². The summed E-state index contributed by atoms with van der Waals surface area (Å²) in [6.45, 7) is 2.97. The number of nitrogens with one attached hydrogen (secondary N) is 1. The van der Waals surface area contributed by atoms with Crippen molar-refractivity contribution in [2.75, 3.05) is 6.79 Å². The first-order valence-electron chi connectivity index (χ1n) is 7.34. The zero-order valence-electron chi connectivity index (χ0n) is 12.5. The lowest BCUT2D eigenvalue weighted by atomic mass is 10.1. The number of nitrogens with zero attached hydrogens (tertiary/aromatic N) is 2. The van der Waals surface area contributed by atoms with E-state index in [0.29, 0.717) is 12.8 Å². The number of fused-ring (bicyclic) bond motifs is 1. The van der Waals surface area contributed by atoms with Crippen LogP contribution in [-0.4, -0.2) is 28.3 Å². The minimum absolute atomic E-state index is 0.0466. The molecule has 6 nitrogen and oxygen atoms in total. The van der Waals surface area contributed by atoms with Gasteiger partial charge in [-0.25, -0.2) is 4.98 Å². The fourth-order valence-electron chi connectivity index (χ4n) is 2.46. The third kappa shape index (κ3) is 3.58. The number of aryl methyl sites for hydroxylation is 1. The van der Waals surface area contributed by atoms with Gasteiger partial charge in [-0.3, -0.25) is 4.79 Å². The molecule has 6 heteroatoms. The number of aromatic nitrogens is 2. The number of ether oxygens (including phenoxy) is 2. The first-order chi connectivity index (χ1) is 10.7. The number of rotatable bonds is 6. The zero-order valence-corrected chi connectivity index (χ0v) is 12.5. The molecule has 1 aromatic carbocycles. The number of amides is 1. The summed E-state index contributed by atoms with van der Waals surface area (Å²) in [5.41, 5.74) is 1.07. The molecular weight excluding hydrogens is 282 g/mol. The monoisotopic (exact) mass is 301 g/mol. The lowest BCUT2D eigenvalue weighted by molar-refractivity contribution is -0.121. The molecule has 1 N–H and O–H groups in total. The first-order valence-corrected chi connectivity index (χ1v) is 7.34. The molecule has 22 heavy (non-hydrogen) atoms. The molecule has 0 fully saturated rings. The number of imidazole rings is 1. The second-order valence-electron chi connectivity index (χ2n) is 5.42. The quantitative estimate of drug-likeness (QED) is 0.883. The largest absolute Gasteiger partial charge is 0.454 e. The molecule has 2 heterocycles. The molecule has 2 aromatic rings. The van der Waals surface area contributed by atoms with Crippen LogP contribution < -0.4 is 14.8 Å². The Kier molecular flexibility index (Phi) is 4.27. The van der Waals surface area contributed by atoms with Crippen molar-refractivity contribution in [3.8, 4) is 11.5 Å². The van der Waals surface area contributed by atoms with Crippen LogP contribution in [-0.2, 0) is 17.8 Å². The highest BCUT2D eigenvalue weighted by Gasteiger charge is 2.14. The summed E-state index contributed by atoms with van der Waals surface area (Å²) in [5, 5.41) is 3.00. The van der Waals surface area contributed by atoms with Crippen LogP contribution in [0.1, 0.15) is 18.9 Å². The van der Waals surface area contributed by atoms with Crippen molar-refractivity contribution in [3.05, 3.63) is 42.5 Å². The molecule has 1 atom stereocenters. The molecule has 0 radical (unpaired) electrons. The Bertz CT molecular complexity index is 640. The number of carbonyl (C=O) groups excluding carboxylic acids is 1. The van der Waals surface area contributed by atoms with Crippen LogP contribution in [0.3, 0.4) is 0 Å². The van der Waals surface area contributed by atoms with Gasteiger partial charge in [0.05, 0.1) is 6.33 Å². The van der Waals surface area contributed by atoms with Gasteiger partial charge < -0.3 is 19.4 Å². The van der Waals surface area contributed by atoms with Gasteiger partial charge >= 0.3 is 0 Å². The number of carbonyl (C=O) groups is 1. The van der Waals surface area contributed by atoms with Gasteiger partial charge in [-0.05, 0) is 31.0 Å². The molecule has 0 spiro atoms. The average molecular weight is 301 g/mol.